The van der Waals surface area contributed by atoms with E-state index in [0.717, 1.165) is 12.1 Å². The van der Waals surface area contributed by atoms with Crippen molar-refractivity contribution in [2.75, 3.05) is 13.2 Å². The third-order valence-electron chi connectivity index (χ3n) is 5.05. The number of hydrogen-bond donors (Lipinski definition) is 1. The number of hydrogen-bond acceptors (Lipinski definition) is 7. The van der Waals surface area contributed by atoms with E-state index in [2.05, 4.69) is 21.9 Å². The Balaban J connectivity index is 2.07. The predicted octanol–water partition coefficient (Wildman–Crippen LogP) is 2.80. The Bertz CT molecular complexity index is 881. The highest BCUT2D eigenvalue weighted by Gasteiger charge is 2.93. The molecule has 28 heavy (non-hydrogen) atoms. The topological polar surface area (TPSA) is 114 Å². The first-order valence-corrected chi connectivity index (χ1v) is 8.50. The summed E-state index contributed by atoms with van der Waals surface area (Å²) in [6, 6.07) is 9.15. The Morgan fingerprint density at radius 3 is 2.11 bits per heavy atom. The van der Waals surface area contributed by atoms with Crippen LogP contribution < -0.4 is 10.5 Å². The van der Waals surface area contributed by atoms with Crippen molar-refractivity contribution in [2.45, 2.75) is 32.0 Å². The summed E-state index contributed by atoms with van der Waals surface area (Å²) in [5.74, 6) is -3.07. The molecule has 148 valence electrons. The van der Waals surface area contributed by atoms with Gasteiger partial charge in [0.2, 0.25) is 0 Å². The van der Waals surface area contributed by atoms with E-state index >= 15 is 0 Å². The van der Waals surface area contributed by atoms with Crippen LogP contribution >= 0.6 is 0 Å². The van der Waals surface area contributed by atoms with Crippen molar-refractivity contribution in [2.24, 2.45) is 21.6 Å². The molecular formula is C18H17F3N4O3. The average Bonchev–Trinajstić information content (AvgIpc) is 3.20. The van der Waals surface area contributed by atoms with Crippen LogP contribution in [0.15, 0.2) is 29.3 Å². The summed E-state index contributed by atoms with van der Waals surface area (Å²) >= 11 is 0. The quantitative estimate of drug-likeness (QED) is 0.742. The second kappa shape index (κ2) is 6.36. The Hall–Kier alpha value is -2.82. The van der Waals surface area contributed by atoms with Crippen LogP contribution in [0.3, 0.4) is 0 Å². The van der Waals surface area contributed by atoms with E-state index in [1.807, 2.05) is 0 Å². The normalized spacial score (nSPS) is 30.0. The van der Waals surface area contributed by atoms with Gasteiger partial charge in [-0.2, -0.15) is 10.5 Å². The van der Waals surface area contributed by atoms with Crippen LogP contribution in [0, 0.1) is 33.5 Å². The maximum atomic E-state index is 12.4. The first kappa shape index (κ1) is 19.9. The molecule has 0 bridgehead atoms. The van der Waals surface area contributed by atoms with Crippen LogP contribution in [0.25, 0.3) is 0 Å². The molecule has 7 nitrogen and oxygen atoms in total. The first-order valence-electron chi connectivity index (χ1n) is 8.50. The molecular weight excluding hydrogens is 377 g/mol. The van der Waals surface area contributed by atoms with Crippen molar-refractivity contribution in [3.8, 4) is 17.9 Å². The second-order valence-corrected chi connectivity index (χ2v) is 6.33. The van der Waals surface area contributed by atoms with Gasteiger partial charge in [-0.05, 0) is 31.5 Å². The number of benzene rings is 1. The van der Waals surface area contributed by atoms with Gasteiger partial charge in [-0.3, -0.25) is 0 Å². The number of ether oxygens (including phenoxy) is 3. The standard InChI is InChI=1S/C18H17F3N4O3/c1-3-26-17(27-4-2)16(10-23)13(15(16,9-22)14(24)25-17)11-5-7-12(8-6-11)28-18(19,20)21/h5-8,13H,3-4H2,1-2H3,(H2,24,25). The summed E-state index contributed by atoms with van der Waals surface area (Å²) in [7, 11) is 0. The Kier molecular flexibility index (Phi) is 4.53. The zero-order valence-electron chi connectivity index (χ0n) is 15.1. The molecule has 1 saturated carbocycles. The molecule has 1 aromatic rings. The van der Waals surface area contributed by atoms with Gasteiger partial charge in [0.1, 0.15) is 17.0 Å². The number of nitrogens with zero attached hydrogens (tertiary/aromatic N) is 3. The van der Waals surface area contributed by atoms with Crippen LogP contribution in [-0.2, 0) is 9.47 Å². The molecule has 1 heterocycles. The molecule has 3 atom stereocenters. The zero-order valence-corrected chi connectivity index (χ0v) is 15.1. The predicted molar refractivity (Wildman–Crippen MR) is 89.6 cm³/mol. The Labute approximate surface area is 159 Å². The second-order valence-electron chi connectivity index (χ2n) is 6.33. The molecule has 0 aromatic heterocycles. The van der Waals surface area contributed by atoms with Crippen LogP contribution in [0.1, 0.15) is 25.3 Å². The van der Waals surface area contributed by atoms with Gasteiger partial charge >= 0.3 is 6.36 Å². The van der Waals surface area contributed by atoms with Gasteiger partial charge < -0.3 is 19.9 Å². The third-order valence-corrected chi connectivity index (χ3v) is 5.05. The maximum Gasteiger partial charge on any atom is 0.573 e. The number of fused-ring (bicyclic) bond motifs is 1. The van der Waals surface area contributed by atoms with E-state index < -0.39 is 34.8 Å². The average molecular weight is 394 g/mol. The number of amidine groups is 1. The smallest absolute Gasteiger partial charge is 0.406 e. The van der Waals surface area contributed by atoms with Crippen LogP contribution in [0.4, 0.5) is 13.2 Å². The van der Waals surface area contributed by atoms with Crippen molar-refractivity contribution in [3.05, 3.63) is 29.8 Å². The summed E-state index contributed by atoms with van der Waals surface area (Å²) in [5.41, 5.74) is 3.42. The molecule has 0 radical (unpaired) electrons. The van der Waals surface area contributed by atoms with E-state index in [1.165, 1.54) is 12.1 Å². The maximum absolute atomic E-state index is 12.4. The molecule has 1 fully saturated rings. The highest BCUT2D eigenvalue weighted by molar-refractivity contribution is 6.00. The lowest BCUT2D eigenvalue weighted by Crippen LogP contribution is -2.43. The SMILES string of the molecule is CCOC1(OCC)N=C(N)C2(C#N)C(c3ccc(OC(F)(F)F)cc3)C12C#N. The molecule has 10 heteroatoms. The summed E-state index contributed by atoms with van der Waals surface area (Å²) < 4.78 is 52.4. The molecule has 0 amide bonds. The number of alkyl halides is 3. The van der Waals surface area contributed by atoms with E-state index in [9.17, 15) is 23.7 Å². The number of rotatable bonds is 6. The molecule has 1 aliphatic heterocycles. The van der Waals surface area contributed by atoms with Gasteiger partial charge in [-0.25, -0.2) is 4.99 Å². The van der Waals surface area contributed by atoms with Gasteiger partial charge in [-0.15, -0.1) is 13.2 Å². The van der Waals surface area contributed by atoms with Crippen molar-refractivity contribution in [1.82, 2.24) is 0 Å². The van der Waals surface area contributed by atoms with E-state index in [0.29, 0.717) is 5.56 Å². The molecule has 3 rings (SSSR count). The fraction of sp³-hybridized carbons (Fsp3) is 0.500. The van der Waals surface area contributed by atoms with E-state index in [1.54, 1.807) is 13.8 Å². The lowest BCUT2D eigenvalue weighted by Gasteiger charge is -2.31. The molecule has 2 N–H and O–H groups in total. The largest absolute Gasteiger partial charge is 0.573 e. The molecule has 0 saturated heterocycles. The summed E-state index contributed by atoms with van der Waals surface area (Å²) in [4.78, 5) is 4.19. The van der Waals surface area contributed by atoms with Gasteiger partial charge in [0, 0.05) is 19.1 Å². The molecule has 1 aromatic carbocycles. The summed E-state index contributed by atoms with van der Waals surface area (Å²) in [6.07, 6.45) is -4.82. The lowest BCUT2D eigenvalue weighted by molar-refractivity contribution is -0.274. The monoisotopic (exact) mass is 394 g/mol. The van der Waals surface area contributed by atoms with Gasteiger partial charge in [0.25, 0.3) is 5.91 Å². The number of nitrogens with two attached hydrogens (primary N) is 1. The van der Waals surface area contributed by atoms with Crippen LogP contribution in [0.2, 0.25) is 0 Å². The van der Waals surface area contributed by atoms with Gasteiger partial charge in [-0.1, -0.05) is 12.1 Å². The zero-order chi connectivity index (χ0) is 20.8. The highest BCUT2D eigenvalue weighted by Crippen LogP contribution is 2.82. The first-order chi connectivity index (χ1) is 13.2. The minimum atomic E-state index is -4.82. The molecule has 2 aliphatic rings. The fourth-order valence-corrected chi connectivity index (χ4v) is 4.11. The number of nitriles is 2. The fourth-order valence-electron chi connectivity index (χ4n) is 4.11. The number of halogens is 3. The Morgan fingerprint density at radius 1 is 1.11 bits per heavy atom. The minimum Gasteiger partial charge on any atom is -0.406 e. The van der Waals surface area contributed by atoms with Crippen molar-refractivity contribution in [1.29, 1.82) is 10.5 Å². The van der Waals surface area contributed by atoms with E-state index in [4.69, 9.17) is 15.2 Å². The van der Waals surface area contributed by atoms with Crippen molar-refractivity contribution >= 4 is 5.84 Å². The Morgan fingerprint density at radius 2 is 1.68 bits per heavy atom. The van der Waals surface area contributed by atoms with Crippen molar-refractivity contribution < 1.29 is 27.4 Å². The third kappa shape index (κ3) is 2.38. The lowest BCUT2D eigenvalue weighted by atomic mass is 9.93. The van der Waals surface area contributed by atoms with Crippen LogP contribution in [0.5, 0.6) is 5.75 Å². The summed E-state index contributed by atoms with van der Waals surface area (Å²) in [5, 5.41) is 19.9. The van der Waals surface area contributed by atoms with E-state index in [-0.39, 0.29) is 19.0 Å². The van der Waals surface area contributed by atoms with Gasteiger partial charge in [0.05, 0.1) is 12.1 Å². The molecule has 3 unspecified atom stereocenters. The number of aliphatic imine (C=N–C) groups is 1. The highest BCUT2D eigenvalue weighted by atomic mass is 19.4. The van der Waals surface area contributed by atoms with Gasteiger partial charge in [0.15, 0.2) is 5.41 Å². The molecule has 1 aliphatic carbocycles. The summed E-state index contributed by atoms with van der Waals surface area (Å²) in [6.45, 7) is 3.66. The minimum absolute atomic E-state index is 0.0981. The van der Waals surface area contributed by atoms with Crippen molar-refractivity contribution in [3.63, 3.8) is 0 Å². The van der Waals surface area contributed by atoms with Crippen LogP contribution in [-0.4, -0.2) is 31.3 Å². The molecule has 0 spiro atoms.